The lowest BCUT2D eigenvalue weighted by Crippen LogP contribution is -2.40. The van der Waals surface area contributed by atoms with E-state index in [0.717, 1.165) is 5.56 Å². The molecule has 6 heteroatoms. The molecule has 0 spiro atoms. The summed E-state index contributed by atoms with van der Waals surface area (Å²) < 4.78 is 5.25. The summed E-state index contributed by atoms with van der Waals surface area (Å²) >= 11 is 0. The first-order valence-corrected chi connectivity index (χ1v) is 7.97. The predicted molar refractivity (Wildman–Crippen MR) is 93.4 cm³/mol. The highest BCUT2D eigenvalue weighted by Gasteiger charge is 2.09. The Morgan fingerprint density at radius 1 is 1.22 bits per heavy atom. The van der Waals surface area contributed by atoms with Crippen molar-refractivity contribution in [2.45, 2.75) is 19.9 Å². The van der Waals surface area contributed by atoms with Crippen molar-refractivity contribution in [2.75, 3.05) is 40.4 Å². The van der Waals surface area contributed by atoms with Crippen LogP contribution in [0.4, 0.5) is 0 Å². The molecule has 0 unspecified atom stereocenters. The van der Waals surface area contributed by atoms with Gasteiger partial charge in [0.2, 0.25) is 5.91 Å². The molecule has 1 aromatic rings. The quantitative estimate of drug-likeness (QED) is 0.408. The minimum Gasteiger partial charge on any atom is -0.380 e. The van der Waals surface area contributed by atoms with Crippen molar-refractivity contribution < 1.29 is 9.53 Å². The van der Waals surface area contributed by atoms with Crippen molar-refractivity contribution in [3.05, 3.63) is 35.9 Å². The molecule has 6 nitrogen and oxygen atoms in total. The lowest BCUT2D eigenvalue weighted by molar-refractivity contribution is -0.130. The van der Waals surface area contributed by atoms with E-state index in [2.05, 4.69) is 15.6 Å². The number of nitrogens with one attached hydrogen (secondary N) is 2. The Balaban J connectivity index is 2.24. The van der Waals surface area contributed by atoms with E-state index in [4.69, 9.17) is 4.74 Å². The maximum Gasteiger partial charge on any atom is 0.224 e. The van der Waals surface area contributed by atoms with E-state index in [1.54, 1.807) is 11.9 Å². The molecule has 0 aromatic heterocycles. The smallest absolute Gasteiger partial charge is 0.224 e. The molecule has 0 bridgehead atoms. The first kappa shape index (κ1) is 19.0. The third kappa shape index (κ3) is 8.21. The second-order valence-electron chi connectivity index (χ2n) is 5.11. The SMILES string of the molecule is CCOCCNC(=NC)NCCC(=O)N(C)Cc1ccccc1. The molecule has 0 aliphatic rings. The third-order valence-electron chi connectivity index (χ3n) is 3.29. The average molecular weight is 320 g/mol. The van der Waals surface area contributed by atoms with Gasteiger partial charge in [-0.05, 0) is 12.5 Å². The summed E-state index contributed by atoms with van der Waals surface area (Å²) in [7, 11) is 3.53. The third-order valence-corrected chi connectivity index (χ3v) is 3.29. The molecule has 1 amide bonds. The molecule has 0 saturated carbocycles. The van der Waals surface area contributed by atoms with E-state index >= 15 is 0 Å². The first-order chi connectivity index (χ1) is 11.2. The molecule has 1 rings (SSSR count). The van der Waals surface area contributed by atoms with Crippen molar-refractivity contribution in [3.8, 4) is 0 Å². The summed E-state index contributed by atoms with van der Waals surface area (Å²) in [6, 6.07) is 9.97. The van der Waals surface area contributed by atoms with Gasteiger partial charge in [-0.2, -0.15) is 0 Å². The summed E-state index contributed by atoms with van der Waals surface area (Å²) in [5.74, 6) is 0.786. The van der Waals surface area contributed by atoms with Crippen molar-refractivity contribution >= 4 is 11.9 Å². The number of guanidine groups is 1. The zero-order valence-corrected chi connectivity index (χ0v) is 14.3. The number of carbonyl (C=O) groups excluding carboxylic acids is 1. The van der Waals surface area contributed by atoms with E-state index in [-0.39, 0.29) is 5.91 Å². The number of nitrogens with zero attached hydrogens (tertiary/aromatic N) is 2. The van der Waals surface area contributed by atoms with Gasteiger partial charge < -0.3 is 20.3 Å². The number of rotatable bonds is 9. The largest absolute Gasteiger partial charge is 0.380 e. The van der Waals surface area contributed by atoms with Crippen LogP contribution < -0.4 is 10.6 Å². The van der Waals surface area contributed by atoms with Gasteiger partial charge in [-0.25, -0.2) is 0 Å². The van der Waals surface area contributed by atoms with Crippen LogP contribution in [0.2, 0.25) is 0 Å². The summed E-state index contributed by atoms with van der Waals surface area (Å²) in [6.07, 6.45) is 0.426. The molecule has 0 heterocycles. The fraction of sp³-hybridized carbons (Fsp3) is 0.529. The minimum atomic E-state index is 0.103. The van der Waals surface area contributed by atoms with Gasteiger partial charge in [0.1, 0.15) is 0 Å². The van der Waals surface area contributed by atoms with Crippen LogP contribution in [0, 0.1) is 0 Å². The maximum atomic E-state index is 12.1. The lowest BCUT2D eigenvalue weighted by atomic mass is 10.2. The lowest BCUT2D eigenvalue weighted by Gasteiger charge is -2.18. The van der Waals surface area contributed by atoms with Gasteiger partial charge in [0, 0.05) is 46.8 Å². The molecule has 0 saturated heterocycles. The Hall–Kier alpha value is -2.08. The molecule has 128 valence electrons. The van der Waals surface area contributed by atoms with E-state index in [9.17, 15) is 4.79 Å². The topological polar surface area (TPSA) is 66.0 Å². The Morgan fingerprint density at radius 3 is 2.57 bits per heavy atom. The fourth-order valence-corrected chi connectivity index (χ4v) is 2.03. The predicted octanol–water partition coefficient (Wildman–Crippen LogP) is 1.24. The van der Waals surface area contributed by atoms with E-state index in [1.165, 1.54) is 0 Å². The number of amides is 1. The van der Waals surface area contributed by atoms with Gasteiger partial charge in [-0.1, -0.05) is 30.3 Å². The first-order valence-electron chi connectivity index (χ1n) is 7.97. The molecule has 2 N–H and O–H groups in total. The molecule has 0 radical (unpaired) electrons. The summed E-state index contributed by atoms with van der Waals surface area (Å²) in [5.41, 5.74) is 1.13. The van der Waals surface area contributed by atoms with Crippen molar-refractivity contribution in [2.24, 2.45) is 4.99 Å². The van der Waals surface area contributed by atoms with Crippen LogP contribution in [0.3, 0.4) is 0 Å². The van der Waals surface area contributed by atoms with E-state index < -0.39 is 0 Å². The van der Waals surface area contributed by atoms with E-state index in [1.807, 2.05) is 44.3 Å². The molecule has 23 heavy (non-hydrogen) atoms. The molecule has 0 fully saturated rings. The Morgan fingerprint density at radius 2 is 1.91 bits per heavy atom. The number of hydrogen-bond acceptors (Lipinski definition) is 3. The Kier molecular flexibility index (Phi) is 9.47. The fourth-order valence-electron chi connectivity index (χ4n) is 2.03. The number of hydrogen-bond donors (Lipinski definition) is 2. The van der Waals surface area contributed by atoms with E-state index in [0.29, 0.717) is 45.2 Å². The van der Waals surface area contributed by atoms with Gasteiger partial charge in [0.15, 0.2) is 5.96 Å². The van der Waals surface area contributed by atoms with Gasteiger partial charge in [-0.3, -0.25) is 9.79 Å². The van der Waals surface area contributed by atoms with Crippen LogP contribution in [-0.2, 0) is 16.1 Å². The second kappa shape index (κ2) is 11.5. The zero-order valence-electron chi connectivity index (χ0n) is 14.3. The monoisotopic (exact) mass is 320 g/mol. The molecule has 0 aliphatic carbocycles. The van der Waals surface area contributed by atoms with Crippen LogP contribution in [-0.4, -0.2) is 57.2 Å². The molecular formula is C17H28N4O2. The number of aliphatic imine (C=N–C) groups is 1. The van der Waals surface area contributed by atoms with Gasteiger partial charge >= 0.3 is 0 Å². The van der Waals surface area contributed by atoms with Crippen molar-refractivity contribution in [3.63, 3.8) is 0 Å². The second-order valence-corrected chi connectivity index (χ2v) is 5.11. The Labute approximate surface area is 138 Å². The molecule has 0 aliphatic heterocycles. The average Bonchev–Trinajstić information content (AvgIpc) is 2.57. The van der Waals surface area contributed by atoms with Gasteiger partial charge in [0.05, 0.1) is 6.61 Å². The van der Waals surface area contributed by atoms with Crippen LogP contribution >= 0.6 is 0 Å². The summed E-state index contributed by atoms with van der Waals surface area (Å²) in [6.45, 7) is 5.17. The highest BCUT2D eigenvalue weighted by molar-refractivity contribution is 5.81. The van der Waals surface area contributed by atoms with Crippen molar-refractivity contribution in [1.82, 2.24) is 15.5 Å². The summed E-state index contributed by atoms with van der Waals surface area (Å²) in [5, 5.41) is 6.27. The van der Waals surface area contributed by atoms with Crippen LogP contribution in [0.15, 0.2) is 35.3 Å². The number of carbonyl (C=O) groups is 1. The van der Waals surface area contributed by atoms with Gasteiger partial charge in [-0.15, -0.1) is 0 Å². The maximum absolute atomic E-state index is 12.1. The van der Waals surface area contributed by atoms with Gasteiger partial charge in [0.25, 0.3) is 0 Å². The zero-order chi connectivity index (χ0) is 16.9. The number of ether oxygens (including phenoxy) is 1. The highest BCUT2D eigenvalue weighted by atomic mass is 16.5. The minimum absolute atomic E-state index is 0.103. The highest BCUT2D eigenvalue weighted by Crippen LogP contribution is 2.03. The normalized spacial score (nSPS) is 11.2. The molecule has 1 aromatic carbocycles. The molecular weight excluding hydrogens is 292 g/mol. The van der Waals surface area contributed by atoms with Crippen LogP contribution in [0.25, 0.3) is 0 Å². The Bertz CT molecular complexity index is 477. The standard InChI is InChI=1S/C17H28N4O2/c1-4-23-13-12-20-17(18-2)19-11-10-16(22)21(3)14-15-8-6-5-7-9-15/h5-9H,4,10-14H2,1-3H3,(H2,18,19,20). The van der Waals surface area contributed by atoms with Crippen molar-refractivity contribution in [1.29, 1.82) is 0 Å². The molecule has 0 atom stereocenters. The van der Waals surface area contributed by atoms with Crippen LogP contribution in [0.1, 0.15) is 18.9 Å². The summed E-state index contributed by atoms with van der Waals surface area (Å²) in [4.78, 5) is 18.0. The van der Waals surface area contributed by atoms with Crippen LogP contribution in [0.5, 0.6) is 0 Å². The number of benzene rings is 1.